The summed E-state index contributed by atoms with van der Waals surface area (Å²) in [6.45, 7) is 0.489. The van der Waals surface area contributed by atoms with Crippen molar-refractivity contribution in [3.05, 3.63) is 89.0 Å². The number of benzene rings is 2. The Hall–Kier alpha value is -3.31. The number of furan rings is 1. The molecule has 0 aliphatic carbocycles. The van der Waals surface area contributed by atoms with E-state index in [1.165, 1.54) is 7.11 Å². The number of halogens is 1. The molecule has 6 heteroatoms. The van der Waals surface area contributed by atoms with E-state index in [2.05, 4.69) is 9.56 Å². The summed E-state index contributed by atoms with van der Waals surface area (Å²) in [4.78, 5) is 16.1. The minimum Gasteiger partial charge on any atom is -0.463 e. The molecule has 0 fully saturated rings. The Bertz CT molecular complexity index is 1170. The van der Waals surface area contributed by atoms with Gasteiger partial charge < -0.3 is 13.7 Å². The number of carbonyl (C=O) groups excluding carboxylic acids is 1. The summed E-state index contributed by atoms with van der Waals surface area (Å²) in [6.07, 6.45) is 3.84. The molecule has 0 N–H and O–H groups in total. The minimum atomic E-state index is -0.488. The van der Waals surface area contributed by atoms with Gasteiger partial charge in [0.25, 0.3) is 0 Å². The van der Waals surface area contributed by atoms with Crippen LogP contribution in [-0.4, -0.2) is 23.9 Å². The number of rotatable bonds is 5. The molecule has 0 bridgehead atoms. The summed E-state index contributed by atoms with van der Waals surface area (Å²) in [7, 11) is 1.33. The van der Waals surface area contributed by atoms with Gasteiger partial charge in [0.05, 0.1) is 19.3 Å². The molecule has 0 atom stereocenters. The number of aliphatic imine (C=N–C) groups is 1. The molecule has 0 unspecified atom stereocenters. The zero-order chi connectivity index (χ0) is 19.5. The largest absolute Gasteiger partial charge is 0.463 e. The van der Waals surface area contributed by atoms with Crippen LogP contribution in [0.1, 0.15) is 21.9 Å². The van der Waals surface area contributed by atoms with E-state index in [0.717, 1.165) is 22.2 Å². The van der Waals surface area contributed by atoms with Crippen molar-refractivity contribution in [2.24, 2.45) is 4.99 Å². The number of aromatic nitrogens is 1. The number of hydrogen-bond acceptors (Lipinski definition) is 4. The molecule has 4 aromatic rings. The van der Waals surface area contributed by atoms with Crippen LogP contribution in [0.2, 0.25) is 5.02 Å². The Morgan fingerprint density at radius 2 is 2.04 bits per heavy atom. The maximum absolute atomic E-state index is 11.6. The number of nitrogens with zero attached hydrogens (tertiary/aromatic N) is 2. The SMILES string of the molecule is COC(=O)c1ccc(Cn2cc(C=Nc3cccc(Cl)c3)c3ccccc32)o1. The summed E-state index contributed by atoms with van der Waals surface area (Å²) in [6, 6.07) is 18.9. The zero-order valence-corrected chi connectivity index (χ0v) is 15.9. The second-order valence-electron chi connectivity index (χ2n) is 6.23. The monoisotopic (exact) mass is 392 g/mol. The third-order valence-electron chi connectivity index (χ3n) is 4.35. The number of methoxy groups -OCH3 is 1. The highest BCUT2D eigenvalue weighted by atomic mass is 35.5. The zero-order valence-electron chi connectivity index (χ0n) is 15.1. The molecule has 5 nitrogen and oxygen atoms in total. The van der Waals surface area contributed by atoms with Gasteiger partial charge in [0.2, 0.25) is 5.76 Å². The van der Waals surface area contributed by atoms with Crippen LogP contribution in [-0.2, 0) is 11.3 Å². The first-order valence-corrected chi connectivity index (χ1v) is 9.06. The maximum atomic E-state index is 11.6. The third-order valence-corrected chi connectivity index (χ3v) is 4.59. The Morgan fingerprint density at radius 3 is 2.86 bits per heavy atom. The molecule has 0 radical (unpaired) electrons. The molecule has 28 heavy (non-hydrogen) atoms. The lowest BCUT2D eigenvalue weighted by atomic mass is 10.2. The highest BCUT2D eigenvalue weighted by Crippen LogP contribution is 2.23. The van der Waals surface area contributed by atoms with E-state index in [1.54, 1.807) is 12.1 Å². The van der Waals surface area contributed by atoms with Crippen molar-refractivity contribution in [3.8, 4) is 0 Å². The van der Waals surface area contributed by atoms with Crippen LogP contribution in [0.15, 0.2) is 76.3 Å². The highest BCUT2D eigenvalue weighted by Gasteiger charge is 2.13. The molecule has 0 aliphatic heterocycles. The first-order chi connectivity index (χ1) is 13.6. The van der Waals surface area contributed by atoms with Crippen LogP contribution >= 0.6 is 11.6 Å². The topological polar surface area (TPSA) is 56.7 Å². The fourth-order valence-electron chi connectivity index (χ4n) is 3.05. The molecule has 0 saturated carbocycles. The van der Waals surface area contributed by atoms with Gasteiger partial charge in [-0.05, 0) is 36.4 Å². The van der Waals surface area contributed by atoms with Gasteiger partial charge in [-0.25, -0.2) is 4.79 Å². The van der Waals surface area contributed by atoms with Gasteiger partial charge in [0, 0.05) is 33.9 Å². The van der Waals surface area contributed by atoms with Crippen molar-refractivity contribution in [1.29, 1.82) is 0 Å². The summed E-state index contributed by atoms with van der Waals surface area (Å²) in [5.41, 5.74) is 2.82. The fourth-order valence-corrected chi connectivity index (χ4v) is 3.23. The Morgan fingerprint density at radius 1 is 1.18 bits per heavy atom. The molecule has 0 amide bonds. The van der Waals surface area contributed by atoms with Crippen molar-refractivity contribution in [2.45, 2.75) is 6.54 Å². The normalized spacial score (nSPS) is 11.4. The molecule has 2 heterocycles. The molecule has 4 rings (SSSR count). The summed E-state index contributed by atoms with van der Waals surface area (Å²) >= 11 is 6.03. The van der Waals surface area contributed by atoms with Crippen LogP contribution in [0.25, 0.3) is 10.9 Å². The minimum absolute atomic E-state index is 0.191. The third kappa shape index (κ3) is 3.70. The van der Waals surface area contributed by atoms with E-state index in [4.69, 9.17) is 20.8 Å². The molecule has 2 aromatic heterocycles. The Labute approximate surface area is 166 Å². The van der Waals surface area contributed by atoms with Crippen LogP contribution < -0.4 is 0 Å². The second kappa shape index (κ2) is 7.74. The standard InChI is InChI=1S/C22H17ClN2O3/c1-27-22(26)21-10-9-18(28-21)14-25-13-15(19-7-2-3-8-20(19)25)12-24-17-6-4-5-16(23)11-17/h2-13H,14H2,1H3. The lowest BCUT2D eigenvalue weighted by Gasteiger charge is -2.02. The lowest BCUT2D eigenvalue weighted by molar-refractivity contribution is 0.0563. The molecule has 0 saturated heterocycles. The molecule has 140 valence electrons. The Kier molecular flexibility index (Phi) is 5.00. The molecular weight excluding hydrogens is 376 g/mol. The van der Waals surface area contributed by atoms with Crippen LogP contribution in [0.3, 0.4) is 0 Å². The first kappa shape index (κ1) is 18.1. The summed E-state index contributed by atoms with van der Waals surface area (Å²) in [5.74, 6) is 0.370. The van der Waals surface area contributed by atoms with Crippen LogP contribution in [0, 0.1) is 0 Å². The number of fused-ring (bicyclic) bond motifs is 1. The van der Waals surface area contributed by atoms with Crippen molar-refractivity contribution in [2.75, 3.05) is 7.11 Å². The van der Waals surface area contributed by atoms with Gasteiger partial charge in [0.1, 0.15) is 5.76 Å². The van der Waals surface area contributed by atoms with E-state index >= 15 is 0 Å². The molecular formula is C22H17ClN2O3. The van der Waals surface area contributed by atoms with Crippen LogP contribution in [0.5, 0.6) is 0 Å². The number of para-hydroxylation sites is 1. The fraction of sp³-hybridized carbons (Fsp3) is 0.0909. The second-order valence-corrected chi connectivity index (χ2v) is 6.66. The summed E-state index contributed by atoms with van der Waals surface area (Å²) < 4.78 is 12.4. The number of carbonyl (C=O) groups is 1. The van der Waals surface area contributed by atoms with Crippen molar-refractivity contribution >= 4 is 40.4 Å². The molecule has 0 aliphatic rings. The maximum Gasteiger partial charge on any atom is 0.373 e. The van der Waals surface area contributed by atoms with Gasteiger partial charge in [-0.1, -0.05) is 35.9 Å². The molecule has 0 spiro atoms. The van der Waals surface area contributed by atoms with Crippen LogP contribution in [0.4, 0.5) is 5.69 Å². The average molecular weight is 393 g/mol. The average Bonchev–Trinajstić information content (AvgIpc) is 3.31. The van der Waals surface area contributed by atoms with Gasteiger partial charge in [-0.15, -0.1) is 0 Å². The van der Waals surface area contributed by atoms with Crippen molar-refractivity contribution in [1.82, 2.24) is 4.57 Å². The number of esters is 1. The highest BCUT2D eigenvalue weighted by molar-refractivity contribution is 6.30. The predicted molar refractivity (Wildman–Crippen MR) is 110 cm³/mol. The van der Waals surface area contributed by atoms with Gasteiger partial charge >= 0.3 is 5.97 Å². The smallest absolute Gasteiger partial charge is 0.373 e. The Balaban J connectivity index is 1.66. The van der Waals surface area contributed by atoms with Gasteiger partial charge in [-0.2, -0.15) is 0 Å². The van der Waals surface area contributed by atoms with Gasteiger partial charge in [-0.3, -0.25) is 4.99 Å². The van der Waals surface area contributed by atoms with E-state index in [-0.39, 0.29) is 5.76 Å². The van der Waals surface area contributed by atoms with E-state index in [1.807, 2.05) is 60.9 Å². The van der Waals surface area contributed by atoms with Crippen molar-refractivity contribution < 1.29 is 13.9 Å². The van der Waals surface area contributed by atoms with E-state index in [9.17, 15) is 4.79 Å². The quantitative estimate of drug-likeness (QED) is 0.334. The first-order valence-electron chi connectivity index (χ1n) is 8.68. The summed E-state index contributed by atoms with van der Waals surface area (Å²) in [5, 5.41) is 1.73. The van der Waals surface area contributed by atoms with Crippen molar-refractivity contribution in [3.63, 3.8) is 0 Å². The number of hydrogen-bond donors (Lipinski definition) is 0. The molecule has 2 aromatic carbocycles. The van der Waals surface area contributed by atoms with E-state index < -0.39 is 5.97 Å². The van der Waals surface area contributed by atoms with Gasteiger partial charge in [0.15, 0.2) is 0 Å². The lowest BCUT2D eigenvalue weighted by Crippen LogP contribution is -1.99. The van der Waals surface area contributed by atoms with E-state index in [0.29, 0.717) is 17.3 Å². The predicted octanol–water partition coefficient (Wildman–Crippen LogP) is 5.47. The number of ether oxygens (including phenoxy) is 1.